The summed E-state index contributed by atoms with van der Waals surface area (Å²) in [6.07, 6.45) is 5.13. The van der Waals surface area contributed by atoms with E-state index in [-0.39, 0.29) is 10.6 Å². The molecule has 22 heavy (non-hydrogen) atoms. The zero-order valence-electron chi connectivity index (χ0n) is 13.5. The molecule has 5 heteroatoms. The molecular formula is C17H25N3O2. The van der Waals surface area contributed by atoms with Crippen LogP contribution in [-0.2, 0) is 0 Å². The summed E-state index contributed by atoms with van der Waals surface area (Å²) in [7, 11) is 2.21. The standard InChI is InChI=1S/C17H25N3O2/c1-14-13-15(20(21)22)3-4-16(14)19-11-7-17(8-12-19)5-9-18(2)10-6-17/h3-4,13H,5-12H2,1-2H3. The summed E-state index contributed by atoms with van der Waals surface area (Å²) >= 11 is 0. The number of non-ortho nitro benzene ring substituents is 1. The van der Waals surface area contributed by atoms with Gasteiger partial charge in [0.25, 0.3) is 5.69 Å². The van der Waals surface area contributed by atoms with Crippen LogP contribution in [0.4, 0.5) is 11.4 Å². The molecule has 0 aromatic heterocycles. The van der Waals surface area contributed by atoms with Crippen molar-refractivity contribution in [1.29, 1.82) is 0 Å². The van der Waals surface area contributed by atoms with Gasteiger partial charge in [-0.25, -0.2) is 0 Å². The molecule has 1 spiro atoms. The van der Waals surface area contributed by atoms with Crippen LogP contribution in [-0.4, -0.2) is 43.0 Å². The zero-order chi connectivity index (χ0) is 15.7. The van der Waals surface area contributed by atoms with Crippen LogP contribution in [0, 0.1) is 22.5 Å². The first-order valence-corrected chi connectivity index (χ1v) is 8.18. The van der Waals surface area contributed by atoms with E-state index < -0.39 is 0 Å². The summed E-state index contributed by atoms with van der Waals surface area (Å²) in [5.41, 5.74) is 2.89. The van der Waals surface area contributed by atoms with Gasteiger partial charge in [-0.3, -0.25) is 10.1 Å². The van der Waals surface area contributed by atoms with Crippen molar-refractivity contribution in [3.63, 3.8) is 0 Å². The number of aryl methyl sites for hydroxylation is 1. The Labute approximate surface area is 132 Å². The van der Waals surface area contributed by atoms with Gasteiger partial charge in [-0.1, -0.05) is 0 Å². The Balaban J connectivity index is 1.68. The molecule has 0 bridgehead atoms. The highest BCUT2D eigenvalue weighted by molar-refractivity contribution is 5.57. The normalized spacial score (nSPS) is 22.0. The molecule has 0 unspecified atom stereocenters. The molecule has 0 radical (unpaired) electrons. The summed E-state index contributed by atoms with van der Waals surface area (Å²) in [4.78, 5) is 15.4. The first-order valence-electron chi connectivity index (χ1n) is 8.18. The number of likely N-dealkylation sites (tertiary alicyclic amines) is 1. The highest BCUT2D eigenvalue weighted by Gasteiger charge is 2.37. The molecule has 120 valence electrons. The highest BCUT2D eigenvalue weighted by Crippen LogP contribution is 2.42. The Kier molecular flexibility index (Phi) is 4.08. The fourth-order valence-electron chi connectivity index (χ4n) is 3.92. The van der Waals surface area contributed by atoms with Gasteiger partial charge in [0.15, 0.2) is 0 Å². The lowest BCUT2D eigenvalue weighted by Crippen LogP contribution is -2.46. The number of benzene rings is 1. The van der Waals surface area contributed by atoms with Crippen LogP contribution in [0.5, 0.6) is 0 Å². The summed E-state index contributed by atoms with van der Waals surface area (Å²) in [6.45, 7) is 6.56. The van der Waals surface area contributed by atoms with Gasteiger partial charge >= 0.3 is 0 Å². The van der Waals surface area contributed by atoms with Gasteiger partial charge in [0.05, 0.1) is 4.92 Å². The van der Waals surface area contributed by atoms with Crippen LogP contribution in [0.15, 0.2) is 18.2 Å². The van der Waals surface area contributed by atoms with Crippen LogP contribution in [0.3, 0.4) is 0 Å². The Morgan fingerprint density at radius 3 is 2.23 bits per heavy atom. The molecule has 2 aliphatic rings. The second-order valence-corrected chi connectivity index (χ2v) is 7.02. The van der Waals surface area contributed by atoms with E-state index in [1.54, 1.807) is 12.1 Å². The maximum absolute atomic E-state index is 10.9. The molecule has 5 nitrogen and oxygen atoms in total. The van der Waals surface area contributed by atoms with E-state index in [0.29, 0.717) is 5.41 Å². The number of anilines is 1. The summed E-state index contributed by atoms with van der Waals surface area (Å²) in [6, 6.07) is 5.23. The fourth-order valence-corrected chi connectivity index (χ4v) is 3.92. The lowest BCUT2D eigenvalue weighted by Gasteiger charge is -2.47. The quantitative estimate of drug-likeness (QED) is 0.622. The maximum atomic E-state index is 10.9. The van der Waals surface area contributed by atoms with Gasteiger partial charge in [0.2, 0.25) is 0 Å². The van der Waals surface area contributed by atoms with E-state index in [9.17, 15) is 10.1 Å². The molecule has 2 aliphatic heterocycles. The van der Waals surface area contributed by atoms with Gasteiger partial charge in [-0.2, -0.15) is 0 Å². The molecule has 2 fully saturated rings. The molecule has 0 aliphatic carbocycles. The minimum Gasteiger partial charge on any atom is -0.371 e. The monoisotopic (exact) mass is 303 g/mol. The highest BCUT2D eigenvalue weighted by atomic mass is 16.6. The molecule has 1 aromatic carbocycles. The minimum atomic E-state index is -0.319. The largest absolute Gasteiger partial charge is 0.371 e. The maximum Gasteiger partial charge on any atom is 0.269 e. The third-order valence-electron chi connectivity index (χ3n) is 5.60. The van der Waals surface area contributed by atoms with E-state index in [0.717, 1.165) is 24.3 Å². The second kappa shape index (κ2) is 5.88. The van der Waals surface area contributed by atoms with E-state index >= 15 is 0 Å². The molecule has 2 saturated heterocycles. The van der Waals surface area contributed by atoms with Crippen molar-refractivity contribution >= 4 is 11.4 Å². The van der Waals surface area contributed by atoms with Crippen LogP contribution in [0.2, 0.25) is 0 Å². The van der Waals surface area contributed by atoms with Crippen LogP contribution < -0.4 is 4.90 Å². The zero-order valence-corrected chi connectivity index (χ0v) is 13.5. The van der Waals surface area contributed by atoms with Gasteiger partial charge in [-0.05, 0) is 69.8 Å². The Morgan fingerprint density at radius 2 is 1.68 bits per heavy atom. The van der Waals surface area contributed by atoms with Crippen LogP contribution in [0.25, 0.3) is 0 Å². The van der Waals surface area contributed by atoms with Crippen molar-refractivity contribution in [1.82, 2.24) is 4.90 Å². The SMILES string of the molecule is Cc1cc([N+](=O)[O-])ccc1N1CCC2(CCN(C)CC2)CC1. The van der Waals surface area contributed by atoms with Crippen molar-refractivity contribution in [3.8, 4) is 0 Å². The van der Waals surface area contributed by atoms with Crippen LogP contribution in [0.1, 0.15) is 31.2 Å². The Morgan fingerprint density at radius 1 is 1.09 bits per heavy atom. The van der Waals surface area contributed by atoms with Gasteiger partial charge < -0.3 is 9.80 Å². The lowest BCUT2D eigenvalue weighted by molar-refractivity contribution is -0.384. The second-order valence-electron chi connectivity index (χ2n) is 7.02. The molecule has 0 amide bonds. The average Bonchev–Trinajstić information content (AvgIpc) is 2.51. The van der Waals surface area contributed by atoms with E-state index in [1.165, 1.54) is 38.8 Å². The molecular weight excluding hydrogens is 278 g/mol. The number of hydrogen-bond donors (Lipinski definition) is 0. The molecule has 1 aromatic rings. The van der Waals surface area contributed by atoms with Gasteiger partial charge in [0, 0.05) is 30.9 Å². The summed E-state index contributed by atoms with van der Waals surface area (Å²) < 4.78 is 0. The van der Waals surface area contributed by atoms with Crippen molar-refractivity contribution in [2.45, 2.75) is 32.6 Å². The lowest BCUT2D eigenvalue weighted by atomic mass is 9.71. The van der Waals surface area contributed by atoms with Crippen molar-refractivity contribution in [3.05, 3.63) is 33.9 Å². The Bertz CT molecular complexity index is 555. The number of hydrogen-bond acceptors (Lipinski definition) is 4. The molecule has 2 heterocycles. The number of nitro benzene ring substituents is 1. The molecule has 0 atom stereocenters. The number of rotatable bonds is 2. The molecule has 0 saturated carbocycles. The van der Waals surface area contributed by atoms with Gasteiger partial charge in [-0.15, -0.1) is 0 Å². The van der Waals surface area contributed by atoms with Crippen LogP contribution >= 0.6 is 0 Å². The van der Waals surface area contributed by atoms with E-state index in [4.69, 9.17) is 0 Å². The predicted molar refractivity (Wildman–Crippen MR) is 88.4 cm³/mol. The predicted octanol–water partition coefficient (Wildman–Crippen LogP) is 3.22. The number of piperidine rings is 2. The van der Waals surface area contributed by atoms with E-state index in [2.05, 4.69) is 16.8 Å². The molecule has 0 N–H and O–H groups in total. The van der Waals surface area contributed by atoms with E-state index in [1.807, 2.05) is 13.0 Å². The topological polar surface area (TPSA) is 49.6 Å². The van der Waals surface area contributed by atoms with Gasteiger partial charge in [0.1, 0.15) is 0 Å². The minimum absolute atomic E-state index is 0.185. The fraction of sp³-hybridized carbons (Fsp3) is 0.647. The first-order chi connectivity index (χ1) is 10.5. The number of nitrogens with zero attached hydrogens (tertiary/aromatic N) is 3. The third kappa shape index (κ3) is 2.95. The third-order valence-corrected chi connectivity index (χ3v) is 5.60. The Hall–Kier alpha value is -1.62. The van der Waals surface area contributed by atoms with Crippen molar-refractivity contribution in [2.24, 2.45) is 5.41 Å². The first kappa shape index (κ1) is 15.3. The molecule has 3 rings (SSSR count). The summed E-state index contributed by atoms with van der Waals surface area (Å²) in [5, 5.41) is 10.9. The van der Waals surface area contributed by atoms with Crippen molar-refractivity contribution in [2.75, 3.05) is 38.1 Å². The number of nitro groups is 1. The summed E-state index contributed by atoms with van der Waals surface area (Å²) in [5.74, 6) is 0. The smallest absolute Gasteiger partial charge is 0.269 e. The van der Waals surface area contributed by atoms with Crippen molar-refractivity contribution < 1.29 is 4.92 Å². The average molecular weight is 303 g/mol.